The third-order valence-electron chi connectivity index (χ3n) is 3.25. The minimum Gasteiger partial charge on any atom is -0.467 e. The maximum Gasteiger partial charge on any atom is 0.318 e. The Labute approximate surface area is 117 Å². The molecule has 1 atom stereocenters. The van der Waals surface area contributed by atoms with Gasteiger partial charge in [-0.25, -0.2) is 9.18 Å². The highest BCUT2D eigenvalue weighted by molar-refractivity contribution is 5.74. The van der Waals surface area contributed by atoms with Crippen LogP contribution in [-0.2, 0) is 6.54 Å². The molecule has 1 aromatic heterocycles. The monoisotopic (exact) mass is 276 g/mol. The first kappa shape index (κ1) is 14.1. The molecule has 1 heterocycles. The Hall–Kier alpha value is -2.30. The summed E-state index contributed by atoms with van der Waals surface area (Å²) in [6.07, 6.45) is 1.56. The molecule has 0 aliphatic rings. The fraction of sp³-hybridized carbons (Fsp3) is 0.267. The van der Waals surface area contributed by atoms with Gasteiger partial charge in [0.1, 0.15) is 11.6 Å². The summed E-state index contributed by atoms with van der Waals surface area (Å²) < 4.78 is 18.0. The van der Waals surface area contributed by atoms with Crippen molar-refractivity contribution >= 4 is 6.03 Å². The van der Waals surface area contributed by atoms with E-state index in [2.05, 4.69) is 5.32 Å². The zero-order valence-corrected chi connectivity index (χ0v) is 11.5. The summed E-state index contributed by atoms with van der Waals surface area (Å²) in [7, 11) is 1.70. The van der Waals surface area contributed by atoms with Crippen molar-refractivity contribution in [2.45, 2.75) is 19.5 Å². The number of urea groups is 1. The van der Waals surface area contributed by atoms with Gasteiger partial charge in [0, 0.05) is 7.05 Å². The highest BCUT2D eigenvalue weighted by Gasteiger charge is 2.17. The lowest BCUT2D eigenvalue weighted by Gasteiger charge is -2.25. The molecular weight excluding hydrogens is 259 g/mol. The molecule has 0 radical (unpaired) electrons. The van der Waals surface area contributed by atoms with Crippen LogP contribution >= 0.6 is 0 Å². The number of rotatable bonds is 4. The van der Waals surface area contributed by atoms with Crippen LogP contribution in [0.3, 0.4) is 0 Å². The van der Waals surface area contributed by atoms with Crippen molar-refractivity contribution in [2.75, 3.05) is 7.05 Å². The SMILES string of the molecule is C[C@@H](c1ccc(F)cc1)N(C)C(=O)NCc1ccco1. The fourth-order valence-electron chi connectivity index (χ4n) is 1.84. The average Bonchev–Trinajstić information content (AvgIpc) is 2.97. The Balaban J connectivity index is 1.93. The molecule has 1 aromatic carbocycles. The maximum absolute atomic E-state index is 12.9. The Morgan fingerprint density at radius 3 is 2.65 bits per heavy atom. The topological polar surface area (TPSA) is 45.5 Å². The lowest BCUT2D eigenvalue weighted by atomic mass is 10.1. The van der Waals surface area contributed by atoms with Crippen molar-refractivity contribution < 1.29 is 13.6 Å². The molecular formula is C15H17FN2O2. The zero-order valence-electron chi connectivity index (χ0n) is 11.5. The number of halogens is 1. The second kappa shape index (κ2) is 6.23. The molecule has 0 fully saturated rings. The van der Waals surface area contributed by atoms with E-state index in [-0.39, 0.29) is 17.9 Å². The fourth-order valence-corrected chi connectivity index (χ4v) is 1.84. The second-order valence-corrected chi connectivity index (χ2v) is 4.58. The number of carbonyl (C=O) groups excluding carboxylic acids is 1. The second-order valence-electron chi connectivity index (χ2n) is 4.58. The molecule has 2 amide bonds. The van der Waals surface area contributed by atoms with E-state index in [0.717, 1.165) is 5.56 Å². The van der Waals surface area contributed by atoms with Gasteiger partial charge in [-0.1, -0.05) is 12.1 Å². The lowest BCUT2D eigenvalue weighted by molar-refractivity contribution is 0.193. The van der Waals surface area contributed by atoms with Gasteiger partial charge in [-0.05, 0) is 36.8 Å². The van der Waals surface area contributed by atoms with E-state index < -0.39 is 0 Å². The number of hydrogen-bond acceptors (Lipinski definition) is 2. The van der Waals surface area contributed by atoms with Gasteiger partial charge in [-0.3, -0.25) is 0 Å². The minimum absolute atomic E-state index is 0.146. The van der Waals surface area contributed by atoms with Crippen LogP contribution in [0.25, 0.3) is 0 Å². The Morgan fingerprint density at radius 1 is 1.35 bits per heavy atom. The number of nitrogens with zero attached hydrogens (tertiary/aromatic N) is 1. The smallest absolute Gasteiger partial charge is 0.318 e. The largest absolute Gasteiger partial charge is 0.467 e. The lowest BCUT2D eigenvalue weighted by Crippen LogP contribution is -2.38. The Morgan fingerprint density at radius 2 is 2.05 bits per heavy atom. The van der Waals surface area contributed by atoms with E-state index in [1.54, 1.807) is 42.5 Å². The van der Waals surface area contributed by atoms with Crippen LogP contribution in [0.15, 0.2) is 47.1 Å². The van der Waals surface area contributed by atoms with E-state index >= 15 is 0 Å². The molecule has 0 aliphatic carbocycles. The van der Waals surface area contributed by atoms with E-state index in [9.17, 15) is 9.18 Å². The molecule has 4 nitrogen and oxygen atoms in total. The molecule has 0 unspecified atom stereocenters. The predicted octanol–water partition coefficient (Wildman–Crippen LogP) is 3.32. The van der Waals surface area contributed by atoms with Gasteiger partial charge in [-0.15, -0.1) is 0 Å². The van der Waals surface area contributed by atoms with E-state index in [0.29, 0.717) is 12.3 Å². The number of furan rings is 1. The van der Waals surface area contributed by atoms with Gasteiger partial charge in [0.2, 0.25) is 0 Å². The molecule has 0 saturated heterocycles. The van der Waals surface area contributed by atoms with Crippen LogP contribution in [0.5, 0.6) is 0 Å². The summed E-state index contributed by atoms with van der Waals surface area (Å²) >= 11 is 0. The standard InChI is InChI=1S/C15H17FN2O2/c1-11(12-5-7-13(16)8-6-12)18(2)15(19)17-10-14-4-3-9-20-14/h3-9,11H,10H2,1-2H3,(H,17,19)/t11-/m0/s1. The number of nitrogens with one attached hydrogen (secondary N) is 1. The molecule has 5 heteroatoms. The summed E-state index contributed by atoms with van der Waals surface area (Å²) in [5.41, 5.74) is 0.877. The quantitative estimate of drug-likeness (QED) is 0.931. The Kier molecular flexibility index (Phi) is 4.40. The maximum atomic E-state index is 12.9. The summed E-state index contributed by atoms with van der Waals surface area (Å²) in [4.78, 5) is 13.6. The summed E-state index contributed by atoms with van der Waals surface area (Å²) in [5.74, 6) is 0.409. The van der Waals surface area contributed by atoms with Crippen molar-refractivity contribution in [3.05, 3.63) is 59.8 Å². The first-order chi connectivity index (χ1) is 9.58. The van der Waals surface area contributed by atoms with Crippen molar-refractivity contribution in [3.8, 4) is 0 Å². The third kappa shape index (κ3) is 3.38. The number of carbonyl (C=O) groups is 1. The molecule has 0 spiro atoms. The van der Waals surface area contributed by atoms with Gasteiger partial charge in [-0.2, -0.15) is 0 Å². The highest BCUT2D eigenvalue weighted by atomic mass is 19.1. The minimum atomic E-state index is -0.286. The number of hydrogen-bond donors (Lipinski definition) is 1. The van der Waals surface area contributed by atoms with Crippen LogP contribution in [0.2, 0.25) is 0 Å². The van der Waals surface area contributed by atoms with Gasteiger partial charge in [0.25, 0.3) is 0 Å². The third-order valence-corrected chi connectivity index (χ3v) is 3.25. The van der Waals surface area contributed by atoms with Crippen molar-refractivity contribution in [2.24, 2.45) is 0 Å². The van der Waals surface area contributed by atoms with E-state index in [1.807, 2.05) is 6.92 Å². The van der Waals surface area contributed by atoms with Crippen LogP contribution in [-0.4, -0.2) is 18.0 Å². The molecule has 0 aliphatic heterocycles. The van der Waals surface area contributed by atoms with Crippen molar-refractivity contribution in [1.29, 1.82) is 0 Å². The zero-order chi connectivity index (χ0) is 14.5. The molecule has 20 heavy (non-hydrogen) atoms. The van der Waals surface area contributed by atoms with Crippen molar-refractivity contribution in [1.82, 2.24) is 10.2 Å². The average molecular weight is 276 g/mol. The van der Waals surface area contributed by atoms with Crippen molar-refractivity contribution in [3.63, 3.8) is 0 Å². The molecule has 2 aromatic rings. The van der Waals surface area contributed by atoms with Gasteiger partial charge in [0.05, 0.1) is 18.8 Å². The molecule has 0 saturated carbocycles. The van der Waals surface area contributed by atoms with Crippen LogP contribution in [0.4, 0.5) is 9.18 Å². The summed E-state index contributed by atoms with van der Waals surface area (Å²) in [6, 6.07) is 9.34. The van der Waals surface area contributed by atoms with Crippen LogP contribution in [0.1, 0.15) is 24.3 Å². The normalized spacial score (nSPS) is 11.9. The number of benzene rings is 1. The first-order valence-electron chi connectivity index (χ1n) is 6.36. The van der Waals surface area contributed by atoms with E-state index in [4.69, 9.17) is 4.42 Å². The van der Waals surface area contributed by atoms with Crippen LogP contribution in [0, 0.1) is 5.82 Å². The van der Waals surface area contributed by atoms with Gasteiger partial charge < -0.3 is 14.6 Å². The van der Waals surface area contributed by atoms with Crippen LogP contribution < -0.4 is 5.32 Å². The molecule has 0 bridgehead atoms. The highest BCUT2D eigenvalue weighted by Crippen LogP contribution is 2.19. The first-order valence-corrected chi connectivity index (χ1v) is 6.36. The number of amides is 2. The Bertz CT molecular complexity index is 552. The summed E-state index contributed by atoms with van der Waals surface area (Å²) in [5, 5.41) is 2.77. The molecule has 2 rings (SSSR count). The van der Waals surface area contributed by atoms with Gasteiger partial charge >= 0.3 is 6.03 Å². The predicted molar refractivity (Wildman–Crippen MR) is 73.5 cm³/mol. The van der Waals surface area contributed by atoms with Gasteiger partial charge in [0.15, 0.2) is 0 Å². The molecule has 106 valence electrons. The summed E-state index contributed by atoms with van der Waals surface area (Å²) in [6.45, 7) is 2.23. The molecule has 1 N–H and O–H groups in total. The van der Waals surface area contributed by atoms with E-state index in [1.165, 1.54) is 12.1 Å².